The molecule has 17 heavy (non-hydrogen) atoms. The summed E-state index contributed by atoms with van der Waals surface area (Å²) in [5, 5.41) is 15.5. The molecule has 1 aromatic carbocycles. The van der Waals surface area contributed by atoms with Crippen LogP contribution in [0, 0.1) is 11.3 Å². The number of nitrogens with zero attached hydrogens (tertiary/aromatic N) is 1. The Balaban J connectivity index is 2.11. The van der Waals surface area contributed by atoms with Crippen molar-refractivity contribution in [3.8, 4) is 6.07 Å². The van der Waals surface area contributed by atoms with Gasteiger partial charge in [-0.15, -0.1) is 0 Å². The van der Waals surface area contributed by atoms with Crippen molar-refractivity contribution in [3.05, 3.63) is 28.2 Å². The molecular weight excluding hydrogens is 282 g/mol. The lowest BCUT2D eigenvalue weighted by molar-refractivity contribution is 0.111. The first kappa shape index (κ1) is 12.4. The van der Waals surface area contributed by atoms with Crippen molar-refractivity contribution in [1.82, 2.24) is 5.32 Å². The fourth-order valence-electron chi connectivity index (χ4n) is 1.95. The van der Waals surface area contributed by atoms with E-state index in [0.29, 0.717) is 5.56 Å². The van der Waals surface area contributed by atoms with Gasteiger partial charge in [0.05, 0.1) is 23.8 Å². The topological polar surface area (TPSA) is 57.1 Å². The molecule has 0 saturated carbocycles. The second-order valence-corrected chi connectivity index (χ2v) is 4.84. The van der Waals surface area contributed by atoms with Gasteiger partial charge in [0, 0.05) is 30.4 Å². The first-order valence-electron chi connectivity index (χ1n) is 5.44. The molecule has 1 aliphatic heterocycles. The third-order valence-corrected chi connectivity index (χ3v) is 3.56. The van der Waals surface area contributed by atoms with E-state index in [0.717, 1.165) is 23.2 Å². The molecule has 2 rings (SSSR count). The van der Waals surface area contributed by atoms with Gasteiger partial charge >= 0.3 is 0 Å². The van der Waals surface area contributed by atoms with Crippen molar-refractivity contribution < 1.29 is 4.74 Å². The maximum absolute atomic E-state index is 8.80. The summed E-state index contributed by atoms with van der Waals surface area (Å²) in [6.07, 6.45) is 0.178. The van der Waals surface area contributed by atoms with Gasteiger partial charge in [-0.2, -0.15) is 5.26 Å². The lowest BCUT2D eigenvalue weighted by atomic mass is 10.1. The van der Waals surface area contributed by atoms with Gasteiger partial charge < -0.3 is 15.4 Å². The van der Waals surface area contributed by atoms with Crippen LogP contribution in [0.2, 0.25) is 0 Å². The Morgan fingerprint density at radius 2 is 2.35 bits per heavy atom. The van der Waals surface area contributed by atoms with E-state index in [1.165, 1.54) is 0 Å². The number of rotatable bonds is 3. The highest BCUT2D eigenvalue weighted by Crippen LogP contribution is 2.25. The summed E-state index contributed by atoms with van der Waals surface area (Å²) < 4.78 is 6.29. The van der Waals surface area contributed by atoms with Gasteiger partial charge in [0.1, 0.15) is 0 Å². The molecule has 0 aromatic heterocycles. The minimum atomic E-state index is 0.178. The highest BCUT2D eigenvalue weighted by molar-refractivity contribution is 9.10. The van der Waals surface area contributed by atoms with Gasteiger partial charge in [-0.05, 0) is 34.1 Å². The van der Waals surface area contributed by atoms with Crippen molar-refractivity contribution in [2.75, 3.05) is 25.5 Å². The van der Waals surface area contributed by atoms with E-state index in [2.05, 4.69) is 32.6 Å². The molecule has 2 atom stereocenters. The highest BCUT2D eigenvalue weighted by Gasteiger charge is 2.26. The monoisotopic (exact) mass is 295 g/mol. The highest BCUT2D eigenvalue weighted by atomic mass is 79.9. The molecule has 1 unspecified atom stereocenters. The zero-order valence-electron chi connectivity index (χ0n) is 9.53. The molecule has 0 spiro atoms. The summed E-state index contributed by atoms with van der Waals surface area (Å²) in [6.45, 7) is 1.74. The van der Waals surface area contributed by atoms with E-state index in [1.807, 2.05) is 12.1 Å². The number of nitriles is 1. The average molecular weight is 296 g/mol. The normalized spacial score (nSPS) is 23.4. The van der Waals surface area contributed by atoms with Crippen LogP contribution in [-0.4, -0.2) is 32.3 Å². The van der Waals surface area contributed by atoms with Crippen LogP contribution < -0.4 is 10.6 Å². The Labute approximate surface area is 109 Å². The van der Waals surface area contributed by atoms with Crippen LogP contribution in [0.5, 0.6) is 0 Å². The lowest BCUT2D eigenvalue weighted by Crippen LogP contribution is -2.33. The number of ether oxygens (including phenoxy) is 1. The first-order valence-corrected chi connectivity index (χ1v) is 6.23. The van der Waals surface area contributed by atoms with Crippen LogP contribution in [-0.2, 0) is 4.74 Å². The summed E-state index contributed by atoms with van der Waals surface area (Å²) >= 11 is 3.46. The van der Waals surface area contributed by atoms with Gasteiger partial charge in [-0.25, -0.2) is 0 Å². The van der Waals surface area contributed by atoms with E-state index < -0.39 is 0 Å². The molecule has 5 heteroatoms. The zero-order chi connectivity index (χ0) is 12.3. The molecule has 0 bridgehead atoms. The van der Waals surface area contributed by atoms with Gasteiger partial charge in [-0.3, -0.25) is 0 Å². The third kappa shape index (κ3) is 2.78. The maximum atomic E-state index is 8.80. The fraction of sp³-hybridized carbons (Fsp3) is 0.417. The number of hydrogen-bond acceptors (Lipinski definition) is 4. The van der Waals surface area contributed by atoms with Crippen LogP contribution in [0.25, 0.3) is 0 Å². The Bertz CT molecular complexity index is 444. The number of anilines is 1. The molecular formula is C12H14BrN3O. The van der Waals surface area contributed by atoms with Crippen molar-refractivity contribution in [2.24, 2.45) is 0 Å². The van der Waals surface area contributed by atoms with Gasteiger partial charge in [0.25, 0.3) is 0 Å². The second-order valence-electron chi connectivity index (χ2n) is 3.99. The van der Waals surface area contributed by atoms with Crippen LogP contribution >= 0.6 is 15.9 Å². The van der Waals surface area contributed by atoms with Crippen molar-refractivity contribution >= 4 is 21.6 Å². The largest absolute Gasteiger partial charge is 0.378 e. The zero-order valence-corrected chi connectivity index (χ0v) is 11.1. The number of nitrogens with one attached hydrogen (secondary N) is 2. The van der Waals surface area contributed by atoms with Crippen LogP contribution in [0.3, 0.4) is 0 Å². The van der Waals surface area contributed by atoms with Crippen molar-refractivity contribution in [3.63, 3.8) is 0 Å². The quantitative estimate of drug-likeness (QED) is 0.891. The van der Waals surface area contributed by atoms with Gasteiger partial charge in [0.15, 0.2) is 0 Å². The standard InChI is InChI=1S/C12H14BrN3O/c1-17-12-7-15-6-11(12)16-10-3-2-8(5-14)4-9(10)13/h2-4,11-12,15-16H,6-7H2,1H3/t11?,12-/m0/s1. The lowest BCUT2D eigenvalue weighted by Gasteiger charge is -2.20. The predicted molar refractivity (Wildman–Crippen MR) is 69.9 cm³/mol. The van der Waals surface area contributed by atoms with E-state index in [-0.39, 0.29) is 12.1 Å². The molecule has 1 heterocycles. The number of hydrogen-bond donors (Lipinski definition) is 2. The third-order valence-electron chi connectivity index (χ3n) is 2.90. The summed E-state index contributed by atoms with van der Waals surface area (Å²) in [6, 6.07) is 7.89. The van der Waals surface area contributed by atoms with Crippen LogP contribution in [0.1, 0.15) is 5.56 Å². The summed E-state index contributed by atoms with van der Waals surface area (Å²) in [4.78, 5) is 0. The molecule has 1 aromatic rings. The molecule has 4 nitrogen and oxygen atoms in total. The SMILES string of the molecule is CO[C@H]1CNCC1Nc1ccc(C#N)cc1Br. The van der Waals surface area contributed by atoms with Crippen molar-refractivity contribution in [2.45, 2.75) is 12.1 Å². The van der Waals surface area contributed by atoms with Crippen LogP contribution in [0.4, 0.5) is 5.69 Å². The average Bonchev–Trinajstić information content (AvgIpc) is 2.79. The maximum Gasteiger partial charge on any atom is 0.0992 e. The molecule has 0 aliphatic carbocycles. The number of methoxy groups -OCH3 is 1. The second kappa shape index (κ2) is 5.50. The van der Waals surface area contributed by atoms with E-state index in [9.17, 15) is 0 Å². The van der Waals surface area contributed by atoms with E-state index in [1.54, 1.807) is 13.2 Å². The predicted octanol–water partition coefficient (Wildman–Crippen LogP) is 1.72. The first-order chi connectivity index (χ1) is 8.24. The Hall–Kier alpha value is -1.09. The van der Waals surface area contributed by atoms with Gasteiger partial charge in [0.2, 0.25) is 0 Å². The van der Waals surface area contributed by atoms with E-state index >= 15 is 0 Å². The van der Waals surface area contributed by atoms with E-state index in [4.69, 9.17) is 10.00 Å². The fourth-order valence-corrected chi connectivity index (χ4v) is 2.44. The summed E-state index contributed by atoms with van der Waals surface area (Å²) in [5.74, 6) is 0. The van der Waals surface area contributed by atoms with Gasteiger partial charge in [-0.1, -0.05) is 0 Å². The number of halogens is 1. The minimum absolute atomic E-state index is 0.178. The smallest absolute Gasteiger partial charge is 0.0992 e. The van der Waals surface area contributed by atoms with Crippen LogP contribution in [0.15, 0.2) is 22.7 Å². The Morgan fingerprint density at radius 3 is 3.00 bits per heavy atom. The van der Waals surface area contributed by atoms with Crippen molar-refractivity contribution in [1.29, 1.82) is 5.26 Å². The number of benzene rings is 1. The molecule has 1 fully saturated rings. The summed E-state index contributed by atoms with van der Waals surface area (Å²) in [7, 11) is 1.72. The Kier molecular flexibility index (Phi) is 4.00. The molecule has 1 saturated heterocycles. The Morgan fingerprint density at radius 1 is 1.53 bits per heavy atom. The molecule has 90 valence electrons. The molecule has 0 radical (unpaired) electrons. The minimum Gasteiger partial charge on any atom is -0.378 e. The molecule has 1 aliphatic rings. The molecule has 0 amide bonds. The summed E-state index contributed by atoms with van der Waals surface area (Å²) in [5.41, 5.74) is 1.63. The molecule has 2 N–H and O–H groups in total.